The molecule has 2 aromatic rings. The van der Waals surface area contributed by atoms with Gasteiger partial charge in [-0.15, -0.1) is 0 Å². The van der Waals surface area contributed by atoms with Crippen LogP contribution in [0.4, 0.5) is 0 Å². The second kappa shape index (κ2) is 9.23. The van der Waals surface area contributed by atoms with E-state index in [2.05, 4.69) is 62.4 Å². The summed E-state index contributed by atoms with van der Waals surface area (Å²) in [6, 6.07) is 17.4. The monoisotopic (exact) mass is 352 g/mol. The average Bonchev–Trinajstić information content (AvgIpc) is 2.87. The zero-order chi connectivity index (χ0) is 18.2. The molecule has 0 radical (unpaired) electrons. The fourth-order valence-electron chi connectivity index (χ4n) is 4.39. The molecule has 0 saturated carbocycles. The van der Waals surface area contributed by atoms with Crippen LogP contribution in [0.15, 0.2) is 48.5 Å². The molecule has 0 N–H and O–H groups in total. The maximum absolute atomic E-state index is 6.18. The smallest absolute Gasteiger partial charge is 0.125 e. The quantitative estimate of drug-likeness (QED) is 0.461. The van der Waals surface area contributed by atoms with Gasteiger partial charge in [0.25, 0.3) is 0 Å². The van der Waals surface area contributed by atoms with E-state index >= 15 is 0 Å². The summed E-state index contributed by atoms with van der Waals surface area (Å²) in [5, 5.41) is 0. The molecule has 0 unspecified atom stereocenters. The number of benzene rings is 2. The van der Waals surface area contributed by atoms with Gasteiger partial charge in [-0.3, -0.25) is 0 Å². The van der Waals surface area contributed by atoms with Gasteiger partial charge < -0.3 is 9.22 Å². The van der Waals surface area contributed by atoms with Crippen LogP contribution in [-0.2, 0) is 6.54 Å². The van der Waals surface area contributed by atoms with Gasteiger partial charge in [0.1, 0.15) is 12.3 Å². The third-order valence-corrected chi connectivity index (χ3v) is 5.81. The molecule has 1 aliphatic rings. The standard InChI is InChI=1S/C24H34NO/c1-21-12-10-13-22(2)24(21)26-19-11-18-25(16-8-3-4-9-17-25)20-23-14-6-5-7-15-23/h5-7,10,12-15H,3-4,8-9,11,16-20H2,1-2H3/q+1. The lowest BCUT2D eigenvalue weighted by Crippen LogP contribution is -2.49. The van der Waals surface area contributed by atoms with Crippen LogP contribution in [0.1, 0.15) is 48.8 Å². The van der Waals surface area contributed by atoms with E-state index in [4.69, 9.17) is 4.74 Å². The molecule has 0 spiro atoms. The van der Waals surface area contributed by atoms with E-state index in [1.165, 1.54) is 73.0 Å². The summed E-state index contributed by atoms with van der Waals surface area (Å²) in [7, 11) is 0. The zero-order valence-electron chi connectivity index (χ0n) is 16.5. The molecule has 0 aromatic heterocycles. The van der Waals surface area contributed by atoms with Crippen molar-refractivity contribution in [3.63, 3.8) is 0 Å². The molecule has 1 fully saturated rings. The van der Waals surface area contributed by atoms with Crippen LogP contribution in [0.5, 0.6) is 5.75 Å². The van der Waals surface area contributed by atoms with Gasteiger partial charge >= 0.3 is 0 Å². The first kappa shape index (κ1) is 19.0. The van der Waals surface area contributed by atoms with Crippen LogP contribution in [0.2, 0.25) is 0 Å². The first-order valence-corrected chi connectivity index (χ1v) is 10.3. The molecule has 1 saturated heterocycles. The number of nitrogens with zero attached hydrogens (tertiary/aromatic N) is 1. The fourth-order valence-corrected chi connectivity index (χ4v) is 4.39. The van der Waals surface area contributed by atoms with Crippen molar-refractivity contribution in [1.82, 2.24) is 0 Å². The number of rotatable bonds is 7. The van der Waals surface area contributed by atoms with Crippen LogP contribution in [0.25, 0.3) is 0 Å². The molecular formula is C24H34NO+. The minimum atomic E-state index is 0.820. The molecule has 3 rings (SSSR count). The molecular weight excluding hydrogens is 318 g/mol. The number of aryl methyl sites for hydroxylation is 2. The molecule has 0 amide bonds. The minimum absolute atomic E-state index is 0.820. The van der Waals surface area contributed by atoms with Gasteiger partial charge in [0.05, 0.1) is 26.2 Å². The van der Waals surface area contributed by atoms with Gasteiger partial charge in [-0.1, -0.05) is 48.5 Å². The Hall–Kier alpha value is -1.80. The molecule has 0 aliphatic carbocycles. The Bertz CT molecular complexity index is 652. The third-order valence-electron chi connectivity index (χ3n) is 5.81. The first-order valence-electron chi connectivity index (χ1n) is 10.3. The van der Waals surface area contributed by atoms with Crippen LogP contribution >= 0.6 is 0 Å². The van der Waals surface area contributed by atoms with Crippen molar-refractivity contribution in [3.05, 3.63) is 65.2 Å². The lowest BCUT2D eigenvalue weighted by molar-refractivity contribution is -0.940. The van der Waals surface area contributed by atoms with Crippen molar-refractivity contribution in [2.75, 3.05) is 26.2 Å². The second-order valence-electron chi connectivity index (χ2n) is 7.99. The van der Waals surface area contributed by atoms with Crippen molar-refractivity contribution in [2.24, 2.45) is 0 Å². The van der Waals surface area contributed by atoms with Crippen molar-refractivity contribution < 1.29 is 9.22 Å². The van der Waals surface area contributed by atoms with E-state index in [1.54, 1.807) is 0 Å². The molecule has 1 aliphatic heterocycles. The fraction of sp³-hybridized carbons (Fsp3) is 0.500. The first-order chi connectivity index (χ1) is 12.7. The largest absolute Gasteiger partial charge is 0.493 e. The SMILES string of the molecule is Cc1cccc(C)c1OCCC[N+]1(Cc2ccccc2)CCCCCC1. The van der Waals surface area contributed by atoms with E-state index in [0.29, 0.717) is 0 Å². The molecule has 0 bridgehead atoms. The third kappa shape index (κ3) is 5.11. The van der Waals surface area contributed by atoms with Gasteiger partial charge in [-0.25, -0.2) is 0 Å². The molecule has 1 heterocycles. The highest BCUT2D eigenvalue weighted by atomic mass is 16.5. The average molecular weight is 353 g/mol. The van der Waals surface area contributed by atoms with Crippen molar-refractivity contribution in [3.8, 4) is 5.75 Å². The zero-order valence-corrected chi connectivity index (χ0v) is 16.5. The van der Waals surface area contributed by atoms with E-state index in [9.17, 15) is 0 Å². The van der Waals surface area contributed by atoms with Crippen molar-refractivity contribution in [1.29, 1.82) is 0 Å². The van der Waals surface area contributed by atoms with Gasteiger partial charge in [0, 0.05) is 12.0 Å². The highest BCUT2D eigenvalue weighted by Gasteiger charge is 2.28. The maximum atomic E-state index is 6.18. The lowest BCUT2D eigenvalue weighted by atomic mass is 10.1. The Kier molecular flexibility index (Phi) is 6.73. The van der Waals surface area contributed by atoms with E-state index in [0.717, 1.165) is 18.8 Å². The maximum Gasteiger partial charge on any atom is 0.125 e. The molecule has 0 atom stereocenters. The molecule has 140 valence electrons. The van der Waals surface area contributed by atoms with Gasteiger partial charge in [0.2, 0.25) is 0 Å². The summed E-state index contributed by atoms with van der Waals surface area (Å²) < 4.78 is 7.41. The summed E-state index contributed by atoms with van der Waals surface area (Å²) >= 11 is 0. The number of quaternary nitrogens is 1. The molecule has 2 heteroatoms. The van der Waals surface area contributed by atoms with Crippen LogP contribution in [-0.4, -0.2) is 30.7 Å². The summed E-state index contributed by atoms with van der Waals surface area (Å²) in [5.41, 5.74) is 3.96. The van der Waals surface area contributed by atoms with Crippen LogP contribution in [0, 0.1) is 13.8 Å². The summed E-state index contributed by atoms with van der Waals surface area (Å²) in [6.45, 7) is 10.1. The van der Waals surface area contributed by atoms with E-state index in [1.807, 2.05) is 0 Å². The van der Waals surface area contributed by atoms with Crippen molar-refractivity contribution in [2.45, 2.75) is 52.5 Å². The highest BCUT2D eigenvalue weighted by Crippen LogP contribution is 2.25. The summed E-state index contributed by atoms with van der Waals surface area (Å²) in [6.07, 6.45) is 6.65. The molecule has 26 heavy (non-hydrogen) atoms. The normalized spacial score (nSPS) is 16.8. The Morgan fingerprint density at radius 1 is 0.808 bits per heavy atom. The predicted molar refractivity (Wildman–Crippen MR) is 110 cm³/mol. The number of hydrogen-bond donors (Lipinski definition) is 0. The second-order valence-corrected chi connectivity index (χ2v) is 7.99. The predicted octanol–water partition coefficient (Wildman–Crippen LogP) is 5.66. The number of para-hydroxylation sites is 1. The van der Waals surface area contributed by atoms with Crippen molar-refractivity contribution >= 4 is 0 Å². The van der Waals surface area contributed by atoms with Crippen LogP contribution < -0.4 is 4.74 Å². The number of hydrogen-bond acceptors (Lipinski definition) is 1. The highest BCUT2D eigenvalue weighted by molar-refractivity contribution is 5.39. The van der Waals surface area contributed by atoms with Gasteiger partial charge in [-0.05, 0) is 50.7 Å². The van der Waals surface area contributed by atoms with E-state index < -0.39 is 0 Å². The Morgan fingerprint density at radius 3 is 2.12 bits per heavy atom. The number of likely N-dealkylation sites (tertiary alicyclic amines) is 1. The van der Waals surface area contributed by atoms with E-state index in [-0.39, 0.29) is 0 Å². The summed E-state index contributed by atoms with van der Waals surface area (Å²) in [5.74, 6) is 1.08. The lowest BCUT2D eigenvalue weighted by Gasteiger charge is -2.38. The Balaban J connectivity index is 1.61. The number of ether oxygens (including phenoxy) is 1. The van der Waals surface area contributed by atoms with Crippen LogP contribution in [0.3, 0.4) is 0 Å². The Morgan fingerprint density at radius 2 is 1.46 bits per heavy atom. The summed E-state index contributed by atoms with van der Waals surface area (Å²) in [4.78, 5) is 0. The van der Waals surface area contributed by atoms with Gasteiger partial charge in [0.15, 0.2) is 0 Å². The topological polar surface area (TPSA) is 9.23 Å². The molecule has 2 aromatic carbocycles. The minimum Gasteiger partial charge on any atom is -0.493 e. The van der Waals surface area contributed by atoms with Gasteiger partial charge in [-0.2, -0.15) is 0 Å². The molecule has 2 nitrogen and oxygen atoms in total. The Labute approximate surface area is 159 Å².